The van der Waals surface area contributed by atoms with Crippen LogP contribution in [0.25, 0.3) is 0 Å². The Morgan fingerprint density at radius 1 is 1.29 bits per heavy atom. The van der Waals surface area contributed by atoms with Gasteiger partial charge in [-0.15, -0.1) is 4.68 Å². The van der Waals surface area contributed by atoms with Gasteiger partial charge < -0.3 is 10.4 Å². The smallest absolute Gasteiger partial charge is 0.434 e. The molecule has 0 fully saturated rings. The van der Waals surface area contributed by atoms with E-state index >= 15 is 0 Å². The van der Waals surface area contributed by atoms with Gasteiger partial charge in [-0.05, 0) is 12.1 Å². The van der Waals surface area contributed by atoms with Crippen LogP contribution in [-0.2, 0) is 11.6 Å². The highest BCUT2D eigenvalue weighted by atomic mass is 35.5. The number of amides is 1. The normalized spacial score (nSPS) is 11.8. The van der Waals surface area contributed by atoms with Crippen molar-refractivity contribution in [1.82, 2.24) is 14.8 Å². The van der Waals surface area contributed by atoms with E-state index in [4.69, 9.17) is 11.6 Å². The third kappa shape index (κ3) is 4.07. The zero-order valence-corrected chi connectivity index (χ0v) is 15.5. The largest absolute Gasteiger partial charge is 0.463 e. The number of pyridine rings is 1. The second-order valence-corrected chi connectivity index (χ2v) is 6.97. The van der Waals surface area contributed by atoms with Gasteiger partial charge in [0, 0.05) is 5.41 Å². The summed E-state index contributed by atoms with van der Waals surface area (Å²) < 4.78 is 38.4. The minimum Gasteiger partial charge on any atom is -0.463 e. The van der Waals surface area contributed by atoms with Crippen LogP contribution in [0.5, 0.6) is 0 Å². The quantitative estimate of drug-likeness (QED) is 0.717. The third-order valence-electron chi connectivity index (χ3n) is 3.50. The number of hydrogen-bond donors (Lipinski definition) is 2. The average Bonchev–Trinajstić information content (AvgIpc) is 2.92. The molecule has 0 spiro atoms. The number of carbonyl (C=O) groups excluding carboxylic acids is 1. The molecule has 8 nitrogen and oxygen atoms in total. The average molecular weight is 416 g/mol. The molecule has 1 amide bonds. The van der Waals surface area contributed by atoms with E-state index in [1.807, 2.05) is 0 Å². The monoisotopic (exact) mass is 415 g/mol. The Bertz CT molecular complexity index is 1000. The summed E-state index contributed by atoms with van der Waals surface area (Å²) in [6.07, 6.45) is -6.32. The minimum atomic E-state index is -4.75. The topological polar surface area (TPSA) is 121 Å². The predicted molar refractivity (Wildman–Crippen MR) is 91.3 cm³/mol. The van der Waals surface area contributed by atoms with Gasteiger partial charge >= 0.3 is 12.3 Å². The lowest BCUT2D eigenvalue weighted by Gasteiger charge is -2.15. The van der Waals surface area contributed by atoms with Crippen LogP contribution in [0.15, 0.2) is 12.1 Å². The lowest BCUT2D eigenvalue weighted by molar-refractivity contribution is -0.141. The summed E-state index contributed by atoms with van der Waals surface area (Å²) in [5, 5.41) is 24.0. The van der Waals surface area contributed by atoms with Gasteiger partial charge in [-0.1, -0.05) is 32.4 Å². The fourth-order valence-corrected chi connectivity index (χ4v) is 2.48. The molecule has 0 aliphatic carbocycles. The van der Waals surface area contributed by atoms with Gasteiger partial charge in [0.1, 0.15) is 22.5 Å². The van der Waals surface area contributed by atoms with Crippen molar-refractivity contribution in [2.24, 2.45) is 0 Å². The number of alkyl halides is 3. The maximum Gasteiger partial charge on any atom is 0.434 e. The van der Waals surface area contributed by atoms with Crippen LogP contribution in [0.1, 0.15) is 48.1 Å². The second-order valence-electron chi connectivity index (χ2n) is 6.62. The van der Waals surface area contributed by atoms with Gasteiger partial charge in [-0.25, -0.2) is 9.78 Å². The Hall–Kier alpha value is -3.13. The Morgan fingerprint density at radius 2 is 1.89 bits per heavy atom. The number of halogens is 4. The molecule has 2 aromatic heterocycles. The number of nitrogens with zero attached hydrogens (tertiary/aromatic N) is 4. The van der Waals surface area contributed by atoms with Crippen LogP contribution in [0.2, 0.25) is 5.15 Å². The molecule has 0 aromatic carbocycles. The lowest BCUT2D eigenvalue weighted by Crippen LogP contribution is -2.21. The summed E-state index contributed by atoms with van der Waals surface area (Å²) in [6.45, 7) is 5.06. The van der Waals surface area contributed by atoms with Gasteiger partial charge in [0.25, 0.3) is 5.91 Å². The van der Waals surface area contributed by atoms with Crippen molar-refractivity contribution in [1.29, 1.82) is 5.26 Å². The molecule has 2 heterocycles. The molecule has 0 bridgehead atoms. The number of aromatic nitrogens is 3. The van der Waals surface area contributed by atoms with Gasteiger partial charge in [-0.2, -0.15) is 23.5 Å². The van der Waals surface area contributed by atoms with Crippen molar-refractivity contribution in [2.75, 3.05) is 5.32 Å². The molecule has 148 valence electrons. The molecule has 12 heteroatoms. The van der Waals surface area contributed by atoms with E-state index in [1.54, 1.807) is 26.8 Å². The van der Waals surface area contributed by atoms with E-state index in [1.165, 1.54) is 0 Å². The molecule has 2 rings (SSSR count). The van der Waals surface area contributed by atoms with Crippen molar-refractivity contribution in [3.8, 4) is 6.07 Å². The molecule has 2 N–H and O–H groups in total. The maximum absolute atomic E-state index is 12.7. The van der Waals surface area contributed by atoms with Gasteiger partial charge in [-0.3, -0.25) is 4.79 Å². The zero-order valence-electron chi connectivity index (χ0n) is 14.7. The minimum absolute atomic E-state index is 0.115. The van der Waals surface area contributed by atoms with E-state index in [0.717, 1.165) is 6.07 Å². The highest BCUT2D eigenvalue weighted by Crippen LogP contribution is 2.31. The number of anilines is 1. The molecule has 0 radical (unpaired) electrons. The van der Waals surface area contributed by atoms with Crippen LogP contribution in [-0.4, -0.2) is 31.9 Å². The summed E-state index contributed by atoms with van der Waals surface area (Å²) in [5.74, 6) is -1.49. The second kappa shape index (κ2) is 7.12. The van der Waals surface area contributed by atoms with Crippen LogP contribution in [0.3, 0.4) is 0 Å². The predicted octanol–water partition coefficient (Wildman–Crippen LogP) is 3.90. The first-order valence-corrected chi connectivity index (χ1v) is 7.97. The third-order valence-corrected chi connectivity index (χ3v) is 3.79. The first-order valence-electron chi connectivity index (χ1n) is 7.59. The standard InChI is InChI=1S/C16H13ClF3N5O3/c1-15(2,3)10-8(6-21)12(25(24-10)14(27)28)23-13(26)7-4-5-9(16(18,19)20)22-11(7)17/h4-5H,1-3H3,(H,23,26)(H,27,28). The van der Waals surface area contributed by atoms with Crippen molar-refractivity contribution < 1.29 is 27.9 Å². The molecule has 0 aliphatic heterocycles. The van der Waals surface area contributed by atoms with Crippen LogP contribution >= 0.6 is 11.6 Å². The number of nitrogens with one attached hydrogen (secondary N) is 1. The van der Waals surface area contributed by atoms with Crippen molar-refractivity contribution in [3.63, 3.8) is 0 Å². The number of nitriles is 1. The number of hydrogen-bond acceptors (Lipinski definition) is 5. The molecule has 0 unspecified atom stereocenters. The van der Waals surface area contributed by atoms with Gasteiger partial charge in [0.15, 0.2) is 5.82 Å². The van der Waals surface area contributed by atoms with Gasteiger partial charge in [0.05, 0.1) is 11.3 Å². The van der Waals surface area contributed by atoms with Crippen LogP contribution in [0.4, 0.5) is 23.8 Å². The maximum atomic E-state index is 12.7. The fraction of sp³-hybridized carbons (Fsp3) is 0.312. The van der Waals surface area contributed by atoms with E-state index in [9.17, 15) is 33.1 Å². The molecular weight excluding hydrogens is 403 g/mol. The highest BCUT2D eigenvalue weighted by molar-refractivity contribution is 6.33. The molecule has 28 heavy (non-hydrogen) atoms. The first-order chi connectivity index (χ1) is 12.8. The molecule has 0 aliphatic rings. The Balaban J connectivity index is 2.51. The Morgan fingerprint density at radius 3 is 2.32 bits per heavy atom. The van der Waals surface area contributed by atoms with Crippen LogP contribution in [0, 0.1) is 11.3 Å². The number of rotatable bonds is 2. The number of carbonyl (C=O) groups is 2. The molecule has 0 saturated carbocycles. The van der Waals surface area contributed by atoms with Crippen molar-refractivity contribution in [2.45, 2.75) is 32.4 Å². The Kier molecular flexibility index (Phi) is 5.39. The first kappa shape index (κ1) is 21.2. The summed E-state index contributed by atoms with van der Waals surface area (Å²) in [7, 11) is 0. The van der Waals surface area contributed by atoms with Crippen molar-refractivity contribution >= 4 is 29.4 Å². The molecular formula is C16H13ClF3N5O3. The molecule has 2 aromatic rings. The lowest BCUT2D eigenvalue weighted by atomic mass is 9.89. The Labute approximate surface area is 161 Å². The van der Waals surface area contributed by atoms with E-state index < -0.39 is 45.8 Å². The SMILES string of the molecule is CC(C)(C)c1nn(C(=O)O)c(NC(=O)c2ccc(C(F)(F)F)nc2Cl)c1C#N. The molecule has 0 saturated heterocycles. The van der Waals surface area contributed by atoms with Crippen molar-refractivity contribution in [3.05, 3.63) is 39.8 Å². The summed E-state index contributed by atoms with van der Waals surface area (Å²) >= 11 is 5.67. The number of carboxylic acid groups (broad SMARTS) is 1. The van der Waals surface area contributed by atoms with Crippen LogP contribution < -0.4 is 5.32 Å². The van der Waals surface area contributed by atoms with E-state index in [0.29, 0.717) is 10.7 Å². The summed E-state index contributed by atoms with van der Waals surface area (Å²) in [6, 6.07) is 3.14. The molecule has 0 atom stereocenters. The zero-order chi connectivity index (χ0) is 21.4. The van der Waals surface area contributed by atoms with Gasteiger partial charge in [0.2, 0.25) is 0 Å². The summed E-state index contributed by atoms with van der Waals surface area (Å²) in [4.78, 5) is 27.0. The summed E-state index contributed by atoms with van der Waals surface area (Å²) in [5.41, 5.74) is -2.53. The highest BCUT2D eigenvalue weighted by Gasteiger charge is 2.34. The van der Waals surface area contributed by atoms with E-state index in [2.05, 4.69) is 15.4 Å². The fourth-order valence-electron chi connectivity index (χ4n) is 2.24. The van der Waals surface area contributed by atoms with E-state index in [-0.39, 0.29) is 11.3 Å².